The van der Waals surface area contributed by atoms with Crippen molar-refractivity contribution in [3.63, 3.8) is 0 Å². The molecule has 0 spiro atoms. The van der Waals surface area contributed by atoms with E-state index in [-0.39, 0.29) is 38.2 Å². The second kappa shape index (κ2) is 85.9. The number of carboxylic acids is 1. The third-order valence-corrected chi connectivity index (χ3v) is 21.3. The minimum absolute atomic E-state index is 0.174. The first-order chi connectivity index (χ1) is 51.1. The van der Waals surface area contributed by atoms with E-state index >= 15 is 0 Å². The van der Waals surface area contributed by atoms with Crippen LogP contribution in [0.1, 0.15) is 483 Å². The molecule has 0 aromatic heterocycles. The van der Waals surface area contributed by atoms with E-state index in [0.717, 1.165) is 64.2 Å². The molecule has 0 fully saturated rings. The molecule has 0 aromatic rings. The Hall–Kier alpha value is -2.75. The molecule has 0 aliphatic heterocycles. The molecule has 0 saturated carbocycles. The average Bonchev–Trinajstić information content (AvgIpc) is 1.13. The summed E-state index contributed by atoms with van der Waals surface area (Å²) in [6, 6.07) is 0. The number of carbonyl (C=O) groups excluding carboxylic acids is 2. The fourth-order valence-corrected chi connectivity index (χ4v) is 14.4. The van der Waals surface area contributed by atoms with Gasteiger partial charge in [-0.3, -0.25) is 9.59 Å². The van der Waals surface area contributed by atoms with Gasteiger partial charge in [0.15, 0.2) is 6.10 Å². The van der Waals surface area contributed by atoms with E-state index in [1.165, 1.54) is 392 Å². The molecule has 2 atom stereocenters. The molecule has 0 heterocycles. The zero-order valence-electron chi connectivity index (χ0n) is 70.5. The zero-order chi connectivity index (χ0) is 75.3. The fraction of sp³-hybridized carbons (Fsp3) is 0.884. The Morgan fingerprint density at radius 3 is 0.817 bits per heavy atom. The molecule has 2 unspecified atom stereocenters. The molecule has 0 amide bonds. The maximum Gasteiger partial charge on any atom is 0.361 e. The van der Waals surface area contributed by atoms with E-state index in [0.29, 0.717) is 17.4 Å². The summed E-state index contributed by atoms with van der Waals surface area (Å²) in [5.41, 5.74) is 0. The molecule has 1 N–H and O–H groups in total. The van der Waals surface area contributed by atoms with Crippen molar-refractivity contribution in [2.24, 2.45) is 0 Å². The Balaban J connectivity index is 3.87. The summed E-state index contributed by atoms with van der Waals surface area (Å²) in [5.74, 6) is -1.96. The topological polar surface area (TPSA) is 108 Å². The number of hydrogen-bond donors (Lipinski definition) is 1. The summed E-state index contributed by atoms with van der Waals surface area (Å²) in [7, 11) is 6.01. The number of hydrogen-bond acceptors (Lipinski definition) is 7. The molecule has 9 heteroatoms. The number of carboxylic acid groups (broad SMARTS) is 1. The number of unbranched alkanes of at least 4 members (excludes halogenated alkanes) is 65. The molecule has 0 bridgehead atoms. The minimum atomic E-state index is -1.51. The highest BCUT2D eigenvalue weighted by Gasteiger charge is 2.25. The molecule has 0 aromatic carbocycles. The van der Waals surface area contributed by atoms with Gasteiger partial charge in [0.2, 0.25) is 0 Å². The van der Waals surface area contributed by atoms with Gasteiger partial charge in [0.25, 0.3) is 6.29 Å². The van der Waals surface area contributed by atoms with E-state index in [2.05, 4.69) is 62.5 Å². The average molecular weight is 1460 g/mol. The molecule has 0 radical (unpaired) electrons. The third-order valence-electron chi connectivity index (χ3n) is 21.3. The maximum absolute atomic E-state index is 13.0. The van der Waals surface area contributed by atoms with E-state index in [1.54, 1.807) is 0 Å². The van der Waals surface area contributed by atoms with Crippen molar-refractivity contribution in [3.8, 4) is 0 Å². The number of quaternary nitrogens is 1. The van der Waals surface area contributed by atoms with Crippen molar-refractivity contribution in [2.75, 3.05) is 47.5 Å². The van der Waals surface area contributed by atoms with Gasteiger partial charge in [-0.05, 0) is 51.4 Å². The number of ether oxygens (including phenoxy) is 4. The summed E-state index contributed by atoms with van der Waals surface area (Å²) in [4.78, 5) is 37.8. The smallest absolute Gasteiger partial charge is 0.361 e. The SMILES string of the molecule is CC/C=C\C/C=C\C/C=C\C/C=C\CCCCCCCCCCCCCCCCCCCCCCCCCCCCC(=O)OC(COC(=O)CCCCCCCCCCCCCCCCCCCCCCCCCCCCCCCCCCCCCCCCCC)COC(OCC[N+](C)(C)C)C(=O)O. The van der Waals surface area contributed by atoms with Crippen molar-refractivity contribution in [1.82, 2.24) is 0 Å². The Labute approximate surface area is 648 Å². The van der Waals surface area contributed by atoms with E-state index in [9.17, 15) is 19.5 Å². The van der Waals surface area contributed by atoms with E-state index < -0.39 is 18.4 Å². The maximum atomic E-state index is 13.0. The van der Waals surface area contributed by atoms with E-state index in [1.807, 2.05) is 21.1 Å². The number of rotatable bonds is 88. The predicted molar refractivity (Wildman–Crippen MR) is 452 cm³/mol. The van der Waals surface area contributed by atoms with Crippen LogP contribution in [0.2, 0.25) is 0 Å². The van der Waals surface area contributed by atoms with Gasteiger partial charge in [-0.1, -0.05) is 467 Å². The van der Waals surface area contributed by atoms with Crippen LogP contribution in [0.25, 0.3) is 0 Å². The van der Waals surface area contributed by atoms with Crippen molar-refractivity contribution in [1.29, 1.82) is 0 Å². The third kappa shape index (κ3) is 86.5. The normalized spacial score (nSPS) is 12.7. The standard InChI is InChI=1S/C95H179NO8/c1-6-8-10-12-14-16-18-20-22-24-26-28-30-32-34-36-38-40-42-44-46-48-49-51-53-55-57-59-61-63-65-67-69-71-73-75-77-79-81-83-85-92(97)102-89-91(90-103-95(94(99)100)101-88-87-96(3,4)5)104-93(98)86-84-82-80-78-76-74-72-70-68-66-64-62-60-58-56-54-52-50-47-45-43-41-39-37-35-33-31-29-27-25-23-21-19-17-15-13-11-9-7-2/h9,11,15,17,21,23,27,29,91,95H,6-8,10,12-14,16,18-20,22,24-26,28,30-90H2,1-5H3/p+1/b11-9-,17-15-,23-21-,29-27-. The van der Waals surface area contributed by atoms with Gasteiger partial charge in [-0.25, -0.2) is 4.79 Å². The van der Waals surface area contributed by atoms with Gasteiger partial charge in [0.05, 0.1) is 34.4 Å². The number of esters is 2. The van der Waals surface area contributed by atoms with E-state index in [4.69, 9.17) is 18.9 Å². The fourth-order valence-electron chi connectivity index (χ4n) is 14.4. The number of aliphatic carboxylic acids is 1. The van der Waals surface area contributed by atoms with Gasteiger partial charge < -0.3 is 28.5 Å². The molecule has 612 valence electrons. The lowest BCUT2D eigenvalue weighted by Gasteiger charge is -2.25. The van der Waals surface area contributed by atoms with Gasteiger partial charge in [0.1, 0.15) is 13.2 Å². The van der Waals surface area contributed by atoms with Crippen LogP contribution in [0.15, 0.2) is 48.6 Å². The van der Waals surface area contributed by atoms with Gasteiger partial charge in [0, 0.05) is 12.8 Å². The second-order valence-electron chi connectivity index (χ2n) is 33.0. The number of likely N-dealkylation sites (N-methyl/N-ethyl adjacent to an activating group) is 1. The van der Waals surface area contributed by atoms with Gasteiger partial charge in [-0.15, -0.1) is 0 Å². The molecule has 9 nitrogen and oxygen atoms in total. The van der Waals surface area contributed by atoms with Crippen molar-refractivity contribution < 1.29 is 42.9 Å². The number of nitrogens with zero attached hydrogens (tertiary/aromatic N) is 1. The summed E-state index contributed by atoms with van der Waals surface area (Å²) >= 11 is 0. The van der Waals surface area contributed by atoms with Crippen LogP contribution in [0.5, 0.6) is 0 Å². The van der Waals surface area contributed by atoms with Crippen LogP contribution >= 0.6 is 0 Å². The Morgan fingerprint density at radius 2 is 0.548 bits per heavy atom. The van der Waals surface area contributed by atoms with Crippen LogP contribution in [0.3, 0.4) is 0 Å². The highest BCUT2D eigenvalue weighted by molar-refractivity contribution is 5.71. The quantitative estimate of drug-likeness (QED) is 0.0211. The Kier molecular flexibility index (Phi) is 83.6. The first kappa shape index (κ1) is 101. The highest BCUT2D eigenvalue weighted by Crippen LogP contribution is 2.22. The summed E-state index contributed by atoms with van der Waals surface area (Å²) in [6.07, 6.45) is 112. The molecule has 0 saturated heterocycles. The van der Waals surface area contributed by atoms with Gasteiger partial charge >= 0.3 is 17.9 Å². The first-order valence-corrected chi connectivity index (χ1v) is 46.3. The lowest BCUT2D eigenvalue weighted by molar-refractivity contribution is -0.870. The zero-order valence-corrected chi connectivity index (χ0v) is 70.5. The molecule has 0 aliphatic rings. The monoisotopic (exact) mass is 1460 g/mol. The first-order valence-electron chi connectivity index (χ1n) is 46.3. The van der Waals surface area contributed by atoms with Gasteiger partial charge in [-0.2, -0.15) is 0 Å². The largest absolute Gasteiger partial charge is 0.477 e. The molecule has 0 aliphatic carbocycles. The molecule has 0 rings (SSSR count). The molecular formula is C95H180NO8+. The summed E-state index contributed by atoms with van der Waals surface area (Å²) < 4.78 is 23.1. The number of carbonyl (C=O) groups is 3. The van der Waals surface area contributed by atoms with Crippen molar-refractivity contribution in [3.05, 3.63) is 48.6 Å². The molecule has 104 heavy (non-hydrogen) atoms. The summed E-state index contributed by atoms with van der Waals surface area (Å²) in [6.45, 7) is 4.86. The Morgan fingerprint density at radius 1 is 0.298 bits per heavy atom. The Bertz CT molecular complexity index is 1850. The highest BCUT2D eigenvalue weighted by atomic mass is 16.7. The number of allylic oxidation sites excluding steroid dienone is 8. The lowest BCUT2D eigenvalue weighted by atomic mass is 10.0. The minimum Gasteiger partial charge on any atom is -0.477 e. The van der Waals surface area contributed by atoms with Crippen LogP contribution in [0.4, 0.5) is 0 Å². The van der Waals surface area contributed by atoms with Crippen LogP contribution in [0, 0.1) is 0 Å². The lowest BCUT2D eigenvalue weighted by Crippen LogP contribution is -2.40. The van der Waals surface area contributed by atoms with Crippen LogP contribution in [-0.4, -0.2) is 87.4 Å². The predicted octanol–water partition coefficient (Wildman–Crippen LogP) is 30.3. The van der Waals surface area contributed by atoms with Crippen molar-refractivity contribution in [2.45, 2.75) is 495 Å². The van der Waals surface area contributed by atoms with Crippen LogP contribution in [-0.2, 0) is 33.3 Å². The molecular weight excluding hydrogens is 1280 g/mol. The summed E-state index contributed by atoms with van der Waals surface area (Å²) in [5, 5.41) is 9.80. The van der Waals surface area contributed by atoms with Crippen LogP contribution < -0.4 is 0 Å². The van der Waals surface area contributed by atoms with Crippen molar-refractivity contribution >= 4 is 17.9 Å². The second-order valence-corrected chi connectivity index (χ2v) is 33.0.